The van der Waals surface area contributed by atoms with Crippen LogP contribution in [0.5, 0.6) is 0 Å². The minimum Gasteiger partial charge on any atom is -0.0954 e. The van der Waals surface area contributed by atoms with E-state index in [0.717, 1.165) is 0 Å². The van der Waals surface area contributed by atoms with Gasteiger partial charge in [-0.25, -0.2) is 0 Å². The summed E-state index contributed by atoms with van der Waals surface area (Å²) in [5, 5.41) is 0. The van der Waals surface area contributed by atoms with Gasteiger partial charge < -0.3 is 0 Å². The molecule has 0 fully saturated rings. The Morgan fingerprint density at radius 1 is 0.800 bits per heavy atom. The van der Waals surface area contributed by atoms with Crippen LogP contribution in [0, 0.1) is 17.8 Å². The van der Waals surface area contributed by atoms with E-state index in [0.29, 0.717) is 0 Å². The highest BCUT2D eigenvalue weighted by molar-refractivity contribution is 5.49. The van der Waals surface area contributed by atoms with Crippen LogP contribution in [-0.4, -0.2) is 0 Å². The van der Waals surface area contributed by atoms with E-state index < -0.39 is 0 Å². The van der Waals surface area contributed by atoms with E-state index in [1.807, 2.05) is 24.3 Å². The summed E-state index contributed by atoms with van der Waals surface area (Å²) in [6.45, 7) is 4.28. The van der Waals surface area contributed by atoms with Crippen molar-refractivity contribution in [1.29, 1.82) is 0 Å². The minimum absolute atomic E-state index is 0.265. The molecular weight excluding hydrogens is 240 g/mol. The smallest absolute Gasteiger partial charge is 0.0424 e. The third-order valence-electron chi connectivity index (χ3n) is 3.20. The monoisotopic (exact) mass is 260 g/mol. The van der Waals surface area contributed by atoms with Gasteiger partial charge in [-0.15, -0.1) is 0 Å². The van der Waals surface area contributed by atoms with Gasteiger partial charge in [-0.05, 0) is 25.0 Å². The fraction of sp³-hybridized carbons (Fsp3) is 0.200. The lowest BCUT2D eigenvalue weighted by atomic mass is 10.0. The lowest BCUT2D eigenvalue weighted by Crippen LogP contribution is -1.90. The molecule has 2 rings (SSSR count). The van der Waals surface area contributed by atoms with Crippen LogP contribution in [0.15, 0.2) is 66.7 Å². The van der Waals surface area contributed by atoms with Crippen molar-refractivity contribution in [2.75, 3.05) is 0 Å². The summed E-state index contributed by atoms with van der Waals surface area (Å²) in [7, 11) is 0. The molecule has 0 N–H and O–H groups in total. The second-order valence-corrected chi connectivity index (χ2v) is 4.98. The molecule has 0 aliphatic rings. The van der Waals surface area contributed by atoms with E-state index in [2.05, 4.69) is 74.2 Å². The van der Waals surface area contributed by atoms with Crippen LogP contribution >= 0.6 is 0 Å². The molecule has 2 aromatic rings. The van der Waals surface area contributed by atoms with Crippen LogP contribution in [0.1, 0.15) is 30.9 Å². The fourth-order valence-electron chi connectivity index (χ4n) is 1.95. The standard InChI is InChI=1S/C20H20/c1-17(14-16-19-9-5-3-6-10-19)13-15-18(2)20-11-7-4-8-12-20/h3-12,14,16-18H,1-2H3/b16-14+/t17-,18-/m1/s1. The Bertz CT molecular complexity index is 597. The first-order valence-electron chi connectivity index (χ1n) is 7.05. The number of hydrogen-bond donors (Lipinski definition) is 0. The minimum atomic E-state index is 0.265. The molecule has 2 aromatic carbocycles. The molecule has 0 saturated heterocycles. The fourth-order valence-corrected chi connectivity index (χ4v) is 1.95. The molecule has 0 heteroatoms. The van der Waals surface area contributed by atoms with Gasteiger partial charge in [-0.3, -0.25) is 0 Å². The summed E-state index contributed by atoms with van der Waals surface area (Å²) in [5.41, 5.74) is 2.50. The number of allylic oxidation sites excluding steroid dienone is 1. The zero-order valence-corrected chi connectivity index (χ0v) is 12.1. The van der Waals surface area contributed by atoms with Crippen LogP contribution in [0.25, 0.3) is 6.08 Å². The summed E-state index contributed by atoms with van der Waals surface area (Å²) in [6, 6.07) is 20.7. The van der Waals surface area contributed by atoms with Crippen LogP contribution in [0.2, 0.25) is 0 Å². The van der Waals surface area contributed by atoms with Gasteiger partial charge in [0.15, 0.2) is 0 Å². The quantitative estimate of drug-likeness (QED) is 0.670. The van der Waals surface area contributed by atoms with Crippen molar-refractivity contribution in [3.63, 3.8) is 0 Å². The van der Waals surface area contributed by atoms with E-state index in [9.17, 15) is 0 Å². The van der Waals surface area contributed by atoms with Gasteiger partial charge in [0.05, 0.1) is 0 Å². The predicted octanol–water partition coefficient (Wildman–Crippen LogP) is 5.14. The summed E-state index contributed by atoms with van der Waals surface area (Å²) in [5.74, 6) is 7.19. The summed E-state index contributed by atoms with van der Waals surface area (Å²) >= 11 is 0. The normalized spacial score (nSPS) is 13.5. The van der Waals surface area contributed by atoms with Crippen molar-refractivity contribution >= 4 is 6.08 Å². The predicted molar refractivity (Wildman–Crippen MR) is 87.3 cm³/mol. The lowest BCUT2D eigenvalue weighted by Gasteiger charge is -2.03. The van der Waals surface area contributed by atoms with Gasteiger partial charge in [0.25, 0.3) is 0 Å². The molecule has 100 valence electrons. The number of hydrogen-bond acceptors (Lipinski definition) is 0. The third kappa shape index (κ3) is 4.44. The molecule has 0 aromatic heterocycles. The van der Waals surface area contributed by atoms with Crippen molar-refractivity contribution in [3.8, 4) is 11.8 Å². The lowest BCUT2D eigenvalue weighted by molar-refractivity contribution is 0.959. The molecule has 0 spiro atoms. The summed E-state index contributed by atoms with van der Waals surface area (Å²) in [4.78, 5) is 0. The van der Waals surface area contributed by atoms with Gasteiger partial charge in [0.1, 0.15) is 0 Å². The Kier molecular flexibility index (Phi) is 5.21. The molecule has 0 unspecified atom stereocenters. The van der Waals surface area contributed by atoms with E-state index >= 15 is 0 Å². The average molecular weight is 260 g/mol. The van der Waals surface area contributed by atoms with Gasteiger partial charge in [0, 0.05) is 11.8 Å². The molecule has 0 aliphatic carbocycles. The van der Waals surface area contributed by atoms with Gasteiger partial charge in [-0.2, -0.15) is 0 Å². The average Bonchev–Trinajstić information content (AvgIpc) is 2.52. The summed E-state index contributed by atoms with van der Waals surface area (Å²) in [6.07, 6.45) is 4.28. The molecule has 0 saturated carbocycles. The first kappa shape index (κ1) is 14.2. The SMILES string of the molecule is C[C@H](C#C[C@@H](C)c1ccccc1)/C=C/c1ccccc1. The second-order valence-electron chi connectivity index (χ2n) is 4.98. The van der Waals surface area contributed by atoms with Crippen LogP contribution in [0.3, 0.4) is 0 Å². The van der Waals surface area contributed by atoms with Crippen LogP contribution in [-0.2, 0) is 0 Å². The molecule has 0 radical (unpaired) electrons. The van der Waals surface area contributed by atoms with E-state index in [1.54, 1.807) is 0 Å². The topological polar surface area (TPSA) is 0 Å². The van der Waals surface area contributed by atoms with Crippen LogP contribution in [0.4, 0.5) is 0 Å². The Morgan fingerprint density at radius 2 is 1.40 bits per heavy atom. The summed E-state index contributed by atoms with van der Waals surface area (Å²) < 4.78 is 0. The highest BCUT2D eigenvalue weighted by Crippen LogP contribution is 2.13. The molecule has 0 nitrogen and oxygen atoms in total. The molecule has 20 heavy (non-hydrogen) atoms. The molecule has 0 aliphatic heterocycles. The van der Waals surface area contributed by atoms with Gasteiger partial charge >= 0.3 is 0 Å². The number of rotatable bonds is 3. The Hall–Kier alpha value is -2.26. The second kappa shape index (κ2) is 7.36. The third-order valence-corrected chi connectivity index (χ3v) is 3.20. The highest BCUT2D eigenvalue weighted by Gasteiger charge is 1.99. The molecular formula is C20H20. The largest absolute Gasteiger partial charge is 0.0954 e. The Balaban J connectivity index is 1.97. The first-order valence-corrected chi connectivity index (χ1v) is 7.05. The maximum atomic E-state index is 3.33. The Labute approximate surface area is 122 Å². The highest BCUT2D eigenvalue weighted by atomic mass is 14.0. The zero-order valence-electron chi connectivity index (χ0n) is 12.1. The van der Waals surface area contributed by atoms with Crippen molar-refractivity contribution in [1.82, 2.24) is 0 Å². The molecule has 0 amide bonds. The van der Waals surface area contributed by atoms with E-state index in [4.69, 9.17) is 0 Å². The van der Waals surface area contributed by atoms with Gasteiger partial charge in [-0.1, -0.05) is 84.7 Å². The molecule has 2 atom stereocenters. The van der Waals surface area contributed by atoms with E-state index in [1.165, 1.54) is 11.1 Å². The van der Waals surface area contributed by atoms with Crippen molar-refractivity contribution in [3.05, 3.63) is 77.9 Å². The first-order chi connectivity index (χ1) is 9.75. The van der Waals surface area contributed by atoms with Gasteiger partial charge in [0.2, 0.25) is 0 Å². The zero-order chi connectivity index (χ0) is 14.2. The maximum Gasteiger partial charge on any atom is 0.0424 e. The number of benzene rings is 2. The Morgan fingerprint density at radius 3 is 2.05 bits per heavy atom. The van der Waals surface area contributed by atoms with Crippen molar-refractivity contribution in [2.45, 2.75) is 19.8 Å². The van der Waals surface area contributed by atoms with Crippen LogP contribution < -0.4 is 0 Å². The maximum absolute atomic E-state index is 3.33. The molecule has 0 heterocycles. The van der Waals surface area contributed by atoms with Crippen molar-refractivity contribution in [2.24, 2.45) is 5.92 Å². The molecule has 0 bridgehead atoms. The van der Waals surface area contributed by atoms with E-state index in [-0.39, 0.29) is 11.8 Å². The van der Waals surface area contributed by atoms with Crippen molar-refractivity contribution < 1.29 is 0 Å².